The molecule has 228 valence electrons. The minimum Gasteiger partial charge on any atom is -0.308 e. The standard InChI is InChI=1S/C48H26N2/c1-2-13-28-27(12-1)29-14-3-4-16-31(29)34-24-25-41-44(43(34)33-18-6-5-15-30(28)33)36-20-11-21-37-45-42(50(41)47(36)37)26-38-32-17-7-9-22-39(32)49-40-23-10-8-19-35(40)46(45)48(38)49/h1-26H. The van der Waals surface area contributed by atoms with Crippen molar-refractivity contribution < 1.29 is 0 Å². The summed E-state index contributed by atoms with van der Waals surface area (Å²) in [6.07, 6.45) is 0. The lowest BCUT2D eigenvalue weighted by Crippen LogP contribution is -1.97. The zero-order chi connectivity index (χ0) is 32.2. The van der Waals surface area contributed by atoms with E-state index in [1.165, 1.54) is 121 Å². The van der Waals surface area contributed by atoms with Crippen molar-refractivity contribution >= 4 is 76.2 Å². The molecule has 1 aliphatic rings. The fraction of sp³-hybridized carbons (Fsp3) is 0. The van der Waals surface area contributed by atoms with Crippen LogP contribution in [0.5, 0.6) is 0 Å². The number of fused-ring (bicyclic) bond motifs is 22. The van der Waals surface area contributed by atoms with Crippen molar-refractivity contribution in [3.63, 3.8) is 0 Å². The summed E-state index contributed by atoms with van der Waals surface area (Å²) in [6.45, 7) is 0. The third-order valence-electron chi connectivity index (χ3n) is 11.7. The van der Waals surface area contributed by atoms with E-state index >= 15 is 0 Å². The largest absolute Gasteiger partial charge is 0.308 e. The van der Waals surface area contributed by atoms with Gasteiger partial charge in [0.1, 0.15) is 0 Å². The van der Waals surface area contributed by atoms with Gasteiger partial charge >= 0.3 is 0 Å². The smallest absolute Gasteiger partial charge is 0.0628 e. The second kappa shape index (κ2) is 8.68. The number of nitrogens with zero attached hydrogens (tertiary/aromatic N) is 2. The van der Waals surface area contributed by atoms with Crippen molar-refractivity contribution in [2.45, 2.75) is 0 Å². The van der Waals surface area contributed by atoms with Crippen molar-refractivity contribution in [2.24, 2.45) is 0 Å². The van der Waals surface area contributed by atoms with Gasteiger partial charge in [0.05, 0.1) is 33.1 Å². The molecule has 0 saturated carbocycles. The zero-order valence-electron chi connectivity index (χ0n) is 26.9. The number of benzene rings is 8. The molecule has 13 rings (SSSR count). The molecule has 4 heterocycles. The molecule has 4 aromatic heterocycles. The van der Waals surface area contributed by atoms with Gasteiger partial charge in [-0.15, -0.1) is 0 Å². The molecule has 0 aliphatic heterocycles. The highest BCUT2D eigenvalue weighted by molar-refractivity contribution is 6.38. The van der Waals surface area contributed by atoms with Gasteiger partial charge in [0.25, 0.3) is 0 Å². The summed E-state index contributed by atoms with van der Waals surface area (Å²) in [5.74, 6) is 0. The summed E-state index contributed by atoms with van der Waals surface area (Å²) >= 11 is 0. The Balaban J connectivity index is 1.29. The van der Waals surface area contributed by atoms with Crippen LogP contribution in [0.25, 0.3) is 121 Å². The van der Waals surface area contributed by atoms with E-state index in [9.17, 15) is 0 Å². The SMILES string of the molecule is c1ccc2c(c1)-c1ccccc1-c1ccc3c(c1-c1ccccc1-2)c1cccc2c4c5c6ccccc6n6c7ccccc7c(cc4n3c12)c56. The maximum Gasteiger partial charge on any atom is 0.0628 e. The quantitative estimate of drug-likeness (QED) is 0.158. The first-order valence-corrected chi connectivity index (χ1v) is 17.5. The van der Waals surface area contributed by atoms with Crippen LogP contribution in [-0.4, -0.2) is 8.80 Å². The normalized spacial score (nSPS) is 12.8. The highest BCUT2D eigenvalue weighted by Gasteiger charge is 2.29. The van der Waals surface area contributed by atoms with Crippen molar-refractivity contribution in [3.05, 3.63) is 158 Å². The van der Waals surface area contributed by atoms with Crippen LogP contribution in [0, 0.1) is 0 Å². The summed E-state index contributed by atoms with van der Waals surface area (Å²) in [5.41, 5.74) is 18.0. The van der Waals surface area contributed by atoms with Gasteiger partial charge in [-0.1, -0.05) is 133 Å². The lowest BCUT2D eigenvalue weighted by atomic mass is 9.79. The van der Waals surface area contributed by atoms with Crippen LogP contribution in [0.2, 0.25) is 0 Å². The van der Waals surface area contributed by atoms with Crippen LogP contribution in [0.4, 0.5) is 0 Å². The zero-order valence-corrected chi connectivity index (χ0v) is 26.9. The summed E-state index contributed by atoms with van der Waals surface area (Å²) in [4.78, 5) is 0. The van der Waals surface area contributed by atoms with Gasteiger partial charge in [0.2, 0.25) is 0 Å². The fourth-order valence-electron chi connectivity index (χ4n) is 9.91. The first kappa shape index (κ1) is 25.4. The van der Waals surface area contributed by atoms with Gasteiger partial charge in [-0.25, -0.2) is 0 Å². The molecular formula is C48H26N2. The first-order chi connectivity index (χ1) is 24.9. The summed E-state index contributed by atoms with van der Waals surface area (Å²) in [5, 5.41) is 10.6. The molecule has 0 spiro atoms. The van der Waals surface area contributed by atoms with E-state index in [-0.39, 0.29) is 0 Å². The molecule has 8 aromatic carbocycles. The molecule has 50 heavy (non-hydrogen) atoms. The highest BCUT2D eigenvalue weighted by atomic mass is 14.9. The van der Waals surface area contributed by atoms with E-state index in [1.807, 2.05) is 0 Å². The van der Waals surface area contributed by atoms with Gasteiger partial charge in [-0.2, -0.15) is 0 Å². The number of hydrogen-bond acceptors (Lipinski definition) is 0. The topological polar surface area (TPSA) is 8.82 Å². The summed E-state index contributed by atoms with van der Waals surface area (Å²) < 4.78 is 5.08. The molecule has 12 aromatic rings. The lowest BCUT2D eigenvalue weighted by Gasteiger charge is -2.23. The number of aromatic nitrogens is 2. The molecule has 0 amide bonds. The predicted molar refractivity (Wildman–Crippen MR) is 211 cm³/mol. The van der Waals surface area contributed by atoms with Gasteiger partial charge < -0.3 is 8.80 Å². The van der Waals surface area contributed by atoms with E-state index in [2.05, 4.69) is 167 Å². The van der Waals surface area contributed by atoms with Crippen molar-refractivity contribution in [1.82, 2.24) is 8.80 Å². The van der Waals surface area contributed by atoms with Crippen LogP contribution in [0.3, 0.4) is 0 Å². The Hall–Kier alpha value is -6.64. The van der Waals surface area contributed by atoms with Gasteiger partial charge in [0.15, 0.2) is 0 Å². The number of para-hydroxylation sites is 3. The average Bonchev–Trinajstić information content (AvgIpc) is 3.90. The van der Waals surface area contributed by atoms with E-state index in [0.29, 0.717) is 0 Å². The molecule has 0 atom stereocenters. The molecule has 2 heteroatoms. The highest BCUT2D eigenvalue weighted by Crippen LogP contribution is 2.54. The Morgan fingerprint density at radius 2 is 0.760 bits per heavy atom. The summed E-state index contributed by atoms with van der Waals surface area (Å²) in [7, 11) is 0. The molecule has 0 bridgehead atoms. The Morgan fingerprint density at radius 3 is 1.46 bits per heavy atom. The third-order valence-corrected chi connectivity index (χ3v) is 11.7. The van der Waals surface area contributed by atoms with E-state index < -0.39 is 0 Å². The summed E-state index contributed by atoms with van der Waals surface area (Å²) in [6, 6.07) is 59.0. The lowest BCUT2D eigenvalue weighted by molar-refractivity contribution is 1.37. The molecule has 0 saturated heterocycles. The van der Waals surface area contributed by atoms with E-state index in [4.69, 9.17) is 0 Å². The molecule has 0 radical (unpaired) electrons. The first-order valence-electron chi connectivity index (χ1n) is 17.5. The van der Waals surface area contributed by atoms with Gasteiger partial charge in [0, 0.05) is 48.7 Å². The van der Waals surface area contributed by atoms with E-state index in [1.54, 1.807) is 0 Å². The van der Waals surface area contributed by atoms with Crippen LogP contribution < -0.4 is 0 Å². The number of rotatable bonds is 0. The van der Waals surface area contributed by atoms with Crippen LogP contribution >= 0.6 is 0 Å². The third kappa shape index (κ3) is 2.79. The van der Waals surface area contributed by atoms with Crippen LogP contribution in [-0.2, 0) is 0 Å². The number of hydrogen-bond donors (Lipinski definition) is 0. The van der Waals surface area contributed by atoms with Crippen molar-refractivity contribution in [3.8, 4) is 44.5 Å². The van der Waals surface area contributed by atoms with E-state index in [0.717, 1.165) is 0 Å². The maximum atomic E-state index is 2.58. The van der Waals surface area contributed by atoms with Gasteiger partial charge in [-0.3, -0.25) is 0 Å². The molecule has 0 fully saturated rings. The Labute approximate surface area is 286 Å². The van der Waals surface area contributed by atoms with Crippen molar-refractivity contribution in [1.29, 1.82) is 0 Å². The molecule has 0 N–H and O–H groups in total. The minimum atomic E-state index is 1.26. The minimum absolute atomic E-state index is 1.26. The molecular weight excluding hydrogens is 605 g/mol. The Kier molecular flexibility index (Phi) is 4.41. The van der Waals surface area contributed by atoms with Crippen molar-refractivity contribution in [2.75, 3.05) is 0 Å². The second-order valence-electron chi connectivity index (χ2n) is 14.0. The monoisotopic (exact) mass is 630 g/mol. The van der Waals surface area contributed by atoms with Gasteiger partial charge in [-0.05, 0) is 63.2 Å². The molecule has 1 aliphatic carbocycles. The Bertz CT molecular complexity index is 3420. The molecule has 0 unspecified atom stereocenters. The average molecular weight is 631 g/mol. The molecule has 2 nitrogen and oxygen atoms in total. The van der Waals surface area contributed by atoms with Crippen LogP contribution in [0.15, 0.2) is 158 Å². The predicted octanol–water partition coefficient (Wildman–Crippen LogP) is 13.0. The fourth-order valence-corrected chi connectivity index (χ4v) is 9.91. The van der Waals surface area contributed by atoms with Crippen LogP contribution in [0.1, 0.15) is 0 Å². The maximum absolute atomic E-state index is 2.58. The Morgan fingerprint density at radius 1 is 0.260 bits per heavy atom. The second-order valence-corrected chi connectivity index (χ2v) is 14.0.